The monoisotopic (exact) mass is 408 g/mol. The summed E-state index contributed by atoms with van der Waals surface area (Å²) in [4.78, 5) is 14.6. The average molecular weight is 409 g/mol. The number of amides is 1. The summed E-state index contributed by atoms with van der Waals surface area (Å²) in [7, 11) is 1.65. The normalized spacial score (nSPS) is 16.4. The molecule has 1 amide bonds. The maximum absolute atomic E-state index is 12.3. The Morgan fingerprint density at radius 2 is 2.12 bits per heavy atom. The second-order valence-electron chi connectivity index (χ2n) is 5.75. The highest BCUT2D eigenvalue weighted by atomic mass is 79.9. The largest absolute Gasteiger partial charge is 0.497 e. The number of nitrogens with one attached hydrogen (secondary N) is 1. The lowest BCUT2D eigenvalue weighted by molar-refractivity contribution is 0.0161. The van der Waals surface area contributed by atoms with E-state index in [9.17, 15) is 4.79 Å². The fourth-order valence-corrected chi connectivity index (χ4v) is 3.22. The summed E-state index contributed by atoms with van der Waals surface area (Å²) >= 11 is 3.21. The first-order valence-electron chi connectivity index (χ1n) is 8.16. The summed E-state index contributed by atoms with van der Waals surface area (Å²) < 4.78 is 16.6. The predicted molar refractivity (Wildman–Crippen MR) is 96.9 cm³/mol. The molecule has 1 aliphatic rings. The van der Waals surface area contributed by atoms with E-state index in [-0.39, 0.29) is 11.9 Å². The van der Waals surface area contributed by atoms with Gasteiger partial charge in [-0.05, 0) is 45.8 Å². The molecule has 3 rings (SSSR count). The summed E-state index contributed by atoms with van der Waals surface area (Å²) in [6.07, 6.45) is 0. The molecule has 0 radical (unpaired) electrons. The second-order valence-corrected chi connectivity index (χ2v) is 6.54. The van der Waals surface area contributed by atoms with Crippen LogP contribution in [0.1, 0.15) is 22.2 Å². The van der Waals surface area contributed by atoms with Gasteiger partial charge in [-0.1, -0.05) is 12.1 Å². The highest BCUT2D eigenvalue weighted by molar-refractivity contribution is 9.10. The highest BCUT2D eigenvalue weighted by Gasteiger charge is 2.24. The first-order chi connectivity index (χ1) is 12.2. The van der Waals surface area contributed by atoms with Gasteiger partial charge in [0, 0.05) is 19.6 Å². The van der Waals surface area contributed by atoms with E-state index in [4.69, 9.17) is 13.9 Å². The Morgan fingerprint density at radius 1 is 1.32 bits per heavy atom. The van der Waals surface area contributed by atoms with Crippen LogP contribution >= 0.6 is 15.9 Å². The number of methoxy groups -OCH3 is 1. The van der Waals surface area contributed by atoms with Crippen LogP contribution in [0.4, 0.5) is 0 Å². The number of rotatable bonds is 6. The molecule has 0 aliphatic carbocycles. The molecule has 0 spiro atoms. The van der Waals surface area contributed by atoms with E-state index in [1.54, 1.807) is 19.2 Å². The molecule has 1 aromatic carbocycles. The quantitative estimate of drug-likeness (QED) is 0.795. The van der Waals surface area contributed by atoms with Crippen molar-refractivity contribution in [2.45, 2.75) is 6.04 Å². The predicted octanol–water partition coefficient (Wildman–Crippen LogP) is 2.85. The van der Waals surface area contributed by atoms with Crippen molar-refractivity contribution >= 4 is 21.8 Å². The van der Waals surface area contributed by atoms with E-state index < -0.39 is 0 Å². The molecule has 6 nitrogen and oxygen atoms in total. The summed E-state index contributed by atoms with van der Waals surface area (Å²) in [5.74, 6) is 0.863. The Labute approximate surface area is 155 Å². The van der Waals surface area contributed by atoms with Crippen molar-refractivity contribution in [3.63, 3.8) is 0 Å². The Hall–Kier alpha value is -1.83. The number of halogens is 1. The van der Waals surface area contributed by atoms with Gasteiger partial charge in [-0.15, -0.1) is 0 Å². The van der Waals surface area contributed by atoms with Gasteiger partial charge >= 0.3 is 0 Å². The number of hydrogen-bond acceptors (Lipinski definition) is 5. The Bertz CT molecular complexity index is 713. The lowest BCUT2D eigenvalue weighted by Crippen LogP contribution is -2.43. The molecule has 2 aromatic rings. The van der Waals surface area contributed by atoms with Crippen LogP contribution in [0, 0.1) is 0 Å². The molecule has 0 bridgehead atoms. The first-order valence-corrected chi connectivity index (χ1v) is 8.96. The van der Waals surface area contributed by atoms with E-state index in [1.165, 1.54) is 0 Å². The molecular formula is C18H21BrN2O4. The summed E-state index contributed by atoms with van der Waals surface area (Å²) in [6, 6.07) is 11.3. The molecule has 1 atom stereocenters. The minimum atomic E-state index is -0.230. The van der Waals surface area contributed by atoms with Gasteiger partial charge in [0.2, 0.25) is 0 Å². The van der Waals surface area contributed by atoms with Gasteiger partial charge < -0.3 is 19.2 Å². The third kappa shape index (κ3) is 4.62. The summed E-state index contributed by atoms with van der Waals surface area (Å²) in [5, 5.41) is 2.97. The van der Waals surface area contributed by atoms with E-state index in [0.717, 1.165) is 24.4 Å². The molecule has 1 N–H and O–H groups in total. The lowest BCUT2D eigenvalue weighted by atomic mass is 10.0. The van der Waals surface area contributed by atoms with Crippen LogP contribution in [-0.2, 0) is 4.74 Å². The molecule has 1 aromatic heterocycles. The maximum Gasteiger partial charge on any atom is 0.287 e. The average Bonchev–Trinajstić information content (AvgIpc) is 3.09. The van der Waals surface area contributed by atoms with E-state index in [1.807, 2.05) is 18.2 Å². The molecule has 25 heavy (non-hydrogen) atoms. The maximum atomic E-state index is 12.3. The van der Waals surface area contributed by atoms with Crippen LogP contribution < -0.4 is 10.1 Å². The van der Waals surface area contributed by atoms with Crippen molar-refractivity contribution < 1.29 is 18.7 Å². The number of hydrogen-bond donors (Lipinski definition) is 1. The number of morpholine rings is 1. The Morgan fingerprint density at radius 3 is 2.80 bits per heavy atom. The van der Waals surface area contributed by atoms with E-state index >= 15 is 0 Å². The number of benzene rings is 1. The molecule has 0 saturated carbocycles. The van der Waals surface area contributed by atoms with Gasteiger partial charge in [-0.3, -0.25) is 9.69 Å². The zero-order valence-corrected chi connectivity index (χ0v) is 15.6. The number of furan rings is 1. The number of nitrogens with zero attached hydrogens (tertiary/aromatic N) is 1. The molecule has 134 valence electrons. The smallest absolute Gasteiger partial charge is 0.287 e. The lowest BCUT2D eigenvalue weighted by Gasteiger charge is -2.35. The summed E-state index contributed by atoms with van der Waals surface area (Å²) in [6.45, 7) is 3.51. The zero-order chi connectivity index (χ0) is 17.6. The minimum Gasteiger partial charge on any atom is -0.497 e. The fourth-order valence-electron chi connectivity index (χ4n) is 2.91. The van der Waals surface area contributed by atoms with Crippen LogP contribution in [0.25, 0.3) is 0 Å². The Balaban J connectivity index is 1.74. The molecule has 1 saturated heterocycles. The van der Waals surface area contributed by atoms with E-state index in [0.29, 0.717) is 30.2 Å². The van der Waals surface area contributed by atoms with Crippen molar-refractivity contribution in [1.29, 1.82) is 0 Å². The van der Waals surface area contributed by atoms with Gasteiger partial charge in [0.25, 0.3) is 5.91 Å². The van der Waals surface area contributed by atoms with Gasteiger partial charge in [0.05, 0.1) is 26.4 Å². The number of ether oxygens (including phenoxy) is 2. The number of carbonyl (C=O) groups excluding carboxylic acids is 1. The minimum absolute atomic E-state index is 0.0429. The first kappa shape index (κ1) is 18.0. The third-order valence-electron chi connectivity index (χ3n) is 4.22. The van der Waals surface area contributed by atoms with Crippen molar-refractivity contribution in [2.24, 2.45) is 0 Å². The topological polar surface area (TPSA) is 63.9 Å². The fraction of sp³-hybridized carbons (Fsp3) is 0.389. The SMILES string of the molecule is COc1cccc(C(CNC(=O)c2ccc(Br)o2)N2CCOCC2)c1. The molecule has 2 heterocycles. The molecular weight excluding hydrogens is 388 g/mol. The van der Waals surface area contributed by atoms with Crippen molar-refractivity contribution in [1.82, 2.24) is 10.2 Å². The van der Waals surface area contributed by atoms with Crippen molar-refractivity contribution in [3.8, 4) is 5.75 Å². The number of carbonyl (C=O) groups is 1. The third-order valence-corrected chi connectivity index (χ3v) is 4.64. The molecule has 1 unspecified atom stereocenters. The molecule has 7 heteroatoms. The van der Waals surface area contributed by atoms with Gasteiger partial charge in [0.1, 0.15) is 5.75 Å². The second kappa shape index (κ2) is 8.51. The van der Waals surface area contributed by atoms with Crippen LogP contribution in [0.15, 0.2) is 45.5 Å². The van der Waals surface area contributed by atoms with Crippen LogP contribution in [-0.4, -0.2) is 50.8 Å². The zero-order valence-electron chi connectivity index (χ0n) is 14.0. The molecule has 1 fully saturated rings. The Kier molecular flexibility index (Phi) is 6.12. The van der Waals surface area contributed by atoms with Crippen LogP contribution in [0.2, 0.25) is 0 Å². The van der Waals surface area contributed by atoms with Gasteiger partial charge in [0.15, 0.2) is 10.4 Å². The van der Waals surface area contributed by atoms with E-state index in [2.05, 4.69) is 32.2 Å². The standard InChI is InChI=1S/C18H21BrN2O4/c1-23-14-4-2-3-13(11-14)15(21-7-9-24-10-8-21)12-20-18(22)16-5-6-17(19)25-16/h2-6,11,15H,7-10,12H2,1H3,(H,20,22). The van der Waals surface area contributed by atoms with Crippen molar-refractivity contribution in [3.05, 3.63) is 52.4 Å². The van der Waals surface area contributed by atoms with Crippen LogP contribution in [0.3, 0.4) is 0 Å². The highest BCUT2D eigenvalue weighted by Crippen LogP contribution is 2.25. The molecule has 1 aliphatic heterocycles. The van der Waals surface area contributed by atoms with Crippen molar-refractivity contribution in [2.75, 3.05) is 40.0 Å². The van der Waals surface area contributed by atoms with Gasteiger partial charge in [-0.2, -0.15) is 0 Å². The summed E-state index contributed by atoms with van der Waals surface area (Å²) in [5.41, 5.74) is 1.10. The van der Waals surface area contributed by atoms with Crippen LogP contribution in [0.5, 0.6) is 5.75 Å². The van der Waals surface area contributed by atoms with Gasteiger partial charge in [-0.25, -0.2) is 0 Å².